The fraction of sp³-hybridized carbons (Fsp3) is 0. The van der Waals surface area contributed by atoms with Crippen molar-refractivity contribution in [1.29, 1.82) is 10.5 Å². The molecule has 94 valence electrons. The number of allylic oxidation sites excluding steroid dienone is 2. The van der Waals surface area contributed by atoms with Gasteiger partial charge in [-0.1, -0.05) is 48.5 Å². The molecule has 20 heavy (non-hydrogen) atoms. The summed E-state index contributed by atoms with van der Waals surface area (Å²) in [6.45, 7) is 0. The molecule has 2 nitrogen and oxygen atoms in total. The number of nitriles is 2. The summed E-state index contributed by atoms with van der Waals surface area (Å²) in [6.07, 6.45) is 6.51. The molecule has 0 bridgehead atoms. The highest BCUT2D eigenvalue weighted by molar-refractivity contribution is 5.82. The van der Waals surface area contributed by atoms with E-state index in [0.29, 0.717) is 0 Å². The van der Waals surface area contributed by atoms with Gasteiger partial charge in [-0.3, -0.25) is 0 Å². The zero-order valence-electron chi connectivity index (χ0n) is 10.8. The SMILES string of the molecule is N#CC=Cc1ccccc1-c1ccccc1C=CC#N. The minimum Gasteiger partial charge on any atom is -0.193 e. The van der Waals surface area contributed by atoms with Crippen molar-refractivity contribution in [3.05, 3.63) is 71.8 Å². The molecule has 0 fully saturated rings. The molecule has 0 radical (unpaired) electrons. The molecule has 2 heteroatoms. The van der Waals surface area contributed by atoms with Gasteiger partial charge in [0.25, 0.3) is 0 Å². The van der Waals surface area contributed by atoms with E-state index in [1.54, 1.807) is 12.2 Å². The van der Waals surface area contributed by atoms with Gasteiger partial charge in [0.2, 0.25) is 0 Å². The average Bonchev–Trinajstić information content (AvgIpc) is 2.51. The van der Waals surface area contributed by atoms with E-state index in [9.17, 15) is 0 Å². The smallest absolute Gasteiger partial charge is 0.0912 e. The molecule has 0 saturated heterocycles. The second-order valence-corrected chi connectivity index (χ2v) is 4.10. The summed E-state index contributed by atoms with van der Waals surface area (Å²) in [5, 5.41) is 17.4. The van der Waals surface area contributed by atoms with Crippen molar-refractivity contribution < 1.29 is 0 Å². The van der Waals surface area contributed by atoms with Crippen LogP contribution >= 0.6 is 0 Å². The molecule has 0 aromatic heterocycles. The molecule has 2 aromatic rings. The van der Waals surface area contributed by atoms with Gasteiger partial charge in [-0.25, -0.2) is 0 Å². The molecule has 0 aliphatic carbocycles. The van der Waals surface area contributed by atoms with Crippen LogP contribution in [0.5, 0.6) is 0 Å². The van der Waals surface area contributed by atoms with E-state index >= 15 is 0 Å². The molecule has 0 aliphatic heterocycles. The van der Waals surface area contributed by atoms with Gasteiger partial charge in [0.1, 0.15) is 0 Å². The topological polar surface area (TPSA) is 47.6 Å². The molecule has 0 saturated carbocycles. The molecule has 2 rings (SSSR count). The van der Waals surface area contributed by atoms with Gasteiger partial charge in [-0.15, -0.1) is 0 Å². The zero-order valence-corrected chi connectivity index (χ0v) is 10.8. The van der Waals surface area contributed by atoms with Crippen LogP contribution in [0.15, 0.2) is 60.7 Å². The number of benzene rings is 2. The summed E-state index contributed by atoms with van der Waals surface area (Å²) in [4.78, 5) is 0. The van der Waals surface area contributed by atoms with E-state index in [1.165, 1.54) is 12.2 Å². The molecular weight excluding hydrogens is 244 g/mol. The fourth-order valence-electron chi connectivity index (χ4n) is 2.03. The lowest BCUT2D eigenvalue weighted by atomic mass is 9.95. The van der Waals surface area contributed by atoms with Gasteiger partial charge in [0.15, 0.2) is 0 Å². The molecular formula is C18H12N2. The molecule has 0 atom stereocenters. The number of hydrogen-bond donors (Lipinski definition) is 0. The van der Waals surface area contributed by atoms with E-state index in [2.05, 4.69) is 0 Å². The summed E-state index contributed by atoms with van der Waals surface area (Å²) in [5.74, 6) is 0. The number of hydrogen-bond acceptors (Lipinski definition) is 2. The zero-order chi connectivity index (χ0) is 14.2. The highest BCUT2D eigenvalue weighted by atomic mass is 14.2. The normalized spacial score (nSPS) is 10.5. The Hall–Kier alpha value is -3.10. The van der Waals surface area contributed by atoms with E-state index < -0.39 is 0 Å². The maximum absolute atomic E-state index is 8.68. The minimum absolute atomic E-state index is 0.979. The largest absolute Gasteiger partial charge is 0.193 e. The molecule has 0 spiro atoms. The Morgan fingerprint density at radius 2 is 1.05 bits per heavy atom. The lowest BCUT2D eigenvalue weighted by molar-refractivity contribution is 1.53. The highest BCUT2D eigenvalue weighted by Gasteiger charge is 2.05. The first-order valence-corrected chi connectivity index (χ1v) is 6.17. The first-order chi connectivity index (χ1) is 9.86. The van der Waals surface area contributed by atoms with Gasteiger partial charge in [-0.05, 0) is 34.4 Å². The fourth-order valence-corrected chi connectivity index (χ4v) is 2.03. The van der Waals surface area contributed by atoms with Crippen LogP contribution in [0.25, 0.3) is 23.3 Å². The van der Waals surface area contributed by atoms with E-state index in [0.717, 1.165) is 22.3 Å². The Kier molecular flexibility index (Phi) is 4.49. The highest BCUT2D eigenvalue weighted by Crippen LogP contribution is 2.28. The Morgan fingerprint density at radius 1 is 0.650 bits per heavy atom. The van der Waals surface area contributed by atoms with Crippen LogP contribution in [0, 0.1) is 22.7 Å². The molecule has 0 heterocycles. The van der Waals surface area contributed by atoms with E-state index in [-0.39, 0.29) is 0 Å². The van der Waals surface area contributed by atoms with Gasteiger partial charge in [0, 0.05) is 12.2 Å². The summed E-state index contributed by atoms with van der Waals surface area (Å²) in [6, 6.07) is 19.8. The number of rotatable bonds is 3. The Morgan fingerprint density at radius 3 is 1.45 bits per heavy atom. The van der Waals surface area contributed by atoms with E-state index in [4.69, 9.17) is 10.5 Å². The number of nitrogens with zero attached hydrogens (tertiary/aromatic N) is 2. The van der Waals surface area contributed by atoms with Crippen LogP contribution in [0.2, 0.25) is 0 Å². The summed E-state index contributed by atoms with van der Waals surface area (Å²) < 4.78 is 0. The average molecular weight is 256 g/mol. The van der Waals surface area contributed by atoms with Crippen molar-refractivity contribution in [3.63, 3.8) is 0 Å². The van der Waals surface area contributed by atoms with Gasteiger partial charge < -0.3 is 0 Å². The van der Waals surface area contributed by atoms with Crippen LogP contribution in [0.3, 0.4) is 0 Å². The third-order valence-corrected chi connectivity index (χ3v) is 2.89. The van der Waals surface area contributed by atoms with Crippen molar-refractivity contribution in [2.45, 2.75) is 0 Å². The van der Waals surface area contributed by atoms with Gasteiger partial charge in [-0.2, -0.15) is 10.5 Å². The summed E-state index contributed by atoms with van der Waals surface area (Å²) in [5.41, 5.74) is 4.04. The molecule has 2 aromatic carbocycles. The van der Waals surface area contributed by atoms with Crippen molar-refractivity contribution >= 4 is 12.2 Å². The summed E-state index contributed by atoms with van der Waals surface area (Å²) in [7, 11) is 0. The van der Waals surface area contributed by atoms with Crippen LogP contribution in [-0.2, 0) is 0 Å². The molecule has 0 unspecified atom stereocenters. The standard InChI is InChI=1S/C18H12N2/c19-13-5-9-15-7-1-3-11-17(15)18-12-4-2-8-16(18)10-6-14-20/h1-12H. The quantitative estimate of drug-likeness (QED) is 0.763. The molecule has 0 amide bonds. The second kappa shape index (κ2) is 6.73. The summed E-state index contributed by atoms with van der Waals surface area (Å²) >= 11 is 0. The molecule has 0 aliphatic rings. The van der Waals surface area contributed by atoms with E-state index in [1.807, 2.05) is 60.7 Å². The second-order valence-electron chi connectivity index (χ2n) is 4.10. The minimum atomic E-state index is 0.979. The Labute approximate surface area is 118 Å². The lowest BCUT2D eigenvalue weighted by Crippen LogP contribution is -1.86. The third kappa shape index (κ3) is 3.02. The third-order valence-electron chi connectivity index (χ3n) is 2.89. The first-order valence-electron chi connectivity index (χ1n) is 6.17. The van der Waals surface area contributed by atoms with Crippen LogP contribution in [0.1, 0.15) is 11.1 Å². The lowest BCUT2D eigenvalue weighted by Gasteiger charge is -2.09. The maximum atomic E-state index is 8.68. The van der Waals surface area contributed by atoms with Crippen LogP contribution in [0.4, 0.5) is 0 Å². The monoisotopic (exact) mass is 256 g/mol. The predicted octanol–water partition coefficient (Wildman–Crippen LogP) is 4.43. The van der Waals surface area contributed by atoms with Gasteiger partial charge in [0.05, 0.1) is 12.1 Å². The van der Waals surface area contributed by atoms with Crippen molar-refractivity contribution in [2.24, 2.45) is 0 Å². The molecule has 0 N–H and O–H groups in total. The predicted molar refractivity (Wildman–Crippen MR) is 81.2 cm³/mol. The Balaban J connectivity index is 2.58. The Bertz CT molecular complexity index is 675. The maximum Gasteiger partial charge on any atom is 0.0912 e. The first kappa shape index (κ1) is 13.3. The van der Waals surface area contributed by atoms with Crippen LogP contribution < -0.4 is 0 Å². The van der Waals surface area contributed by atoms with Crippen molar-refractivity contribution in [2.75, 3.05) is 0 Å². The van der Waals surface area contributed by atoms with Crippen molar-refractivity contribution in [3.8, 4) is 23.3 Å². The van der Waals surface area contributed by atoms with Gasteiger partial charge >= 0.3 is 0 Å². The van der Waals surface area contributed by atoms with Crippen LogP contribution in [-0.4, -0.2) is 0 Å². The van der Waals surface area contributed by atoms with Crippen molar-refractivity contribution in [1.82, 2.24) is 0 Å².